The number of rotatable bonds is 6. The fourth-order valence-electron chi connectivity index (χ4n) is 2.75. The Morgan fingerprint density at radius 1 is 1.21 bits per heavy atom. The Labute approximate surface area is 163 Å². The molecule has 1 aromatic carbocycles. The Morgan fingerprint density at radius 3 is 2.69 bits per heavy atom. The number of halogens is 3. The third kappa shape index (κ3) is 4.50. The second-order valence-electron chi connectivity index (χ2n) is 5.88. The quantitative estimate of drug-likeness (QED) is 0.652. The SMILES string of the molecule is COc1ccc(OC)c(NC(=O)NCCn2c(C(F)(F)F)nc3cccnc32)c1. The molecule has 0 unspecified atom stereocenters. The molecule has 0 saturated heterocycles. The van der Waals surface area contributed by atoms with Gasteiger partial charge in [0.25, 0.3) is 0 Å². The summed E-state index contributed by atoms with van der Waals surface area (Å²) in [7, 11) is 2.92. The first-order valence-corrected chi connectivity index (χ1v) is 8.49. The summed E-state index contributed by atoms with van der Waals surface area (Å²) in [6.07, 6.45) is -3.26. The maximum Gasteiger partial charge on any atom is 0.449 e. The predicted octanol–water partition coefficient (Wildman–Crippen LogP) is 3.29. The van der Waals surface area contributed by atoms with Crippen molar-refractivity contribution >= 4 is 22.9 Å². The van der Waals surface area contributed by atoms with Crippen molar-refractivity contribution in [1.82, 2.24) is 19.9 Å². The number of nitrogens with one attached hydrogen (secondary N) is 2. The molecule has 8 nitrogen and oxygen atoms in total. The molecule has 29 heavy (non-hydrogen) atoms. The molecule has 0 aliphatic heterocycles. The molecule has 154 valence electrons. The summed E-state index contributed by atoms with van der Waals surface area (Å²) in [6.45, 7) is -0.242. The molecular weight excluding hydrogens is 391 g/mol. The number of fused-ring (bicyclic) bond motifs is 1. The van der Waals surface area contributed by atoms with Gasteiger partial charge in [-0.15, -0.1) is 0 Å². The molecule has 0 aliphatic carbocycles. The maximum atomic E-state index is 13.3. The second-order valence-corrected chi connectivity index (χ2v) is 5.88. The van der Waals surface area contributed by atoms with Crippen LogP contribution in [-0.2, 0) is 12.7 Å². The molecule has 0 atom stereocenters. The second kappa shape index (κ2) is 8.25. The number of hydrogen-bond donors (Lipinski definition) is 2. The largest absolute Gasteiger partial charge is 0.497 e. The normalized spacial score (nSPS) is 11.3. The summed E-state index contributed by atoms with van der Waals surface area (Å²) in [5.41, 5.74) is 0.581. The van der Waals surface area contributed by atoms with E-state index in [1.165, 1.54) is 32.5 Å². The third-order valence-corrected chi connectivity index (χ3v) is 4.03. The van der Waals surface area contributed by atoms with Crippen molar-refractivity contribution in [3.8, 4) is 11.5 Å². The van der Waals surface area contributed by atoms with Crippen LogP contribution in [0.25, 0.3) is 11.2 Å². The van der Waals surface area contributed by atoms with E-state index >= 15 is 0 Å². The topological polar surface area (TPSA) is 90.3 Å². The highest BCUT2D eigenvalue weighted by molar-refractivity contribution is 5.91. The molecule has 0 radical (unpaired) electrons. The number of urea groups is 1. The Hall–Kier alpha value is -3.50. The lowest BCUT2D eigenvalue weighted by atomic mass is 10.2. The molecule has 3 rings (SSSR count). The van der Waals surface area contributed by atoms with Gasteiger partial charge in [0, 0.05) is 25.4 Å². The number of methoxy groups -OCH3 is 2. The molecule has 0 fully saturated rings. The first kappa shape index (κ1) is 20.2. The van der Waals surface area contributed by atoms with Gasteiger partial charge in [-0.1, -0.05) is 0 Å². The average Bonchev–Trinajstić information content (AvgIpc) is 3.07. The zero-order chi connectivity index (χ0) is 21.0. The van der Waals surface area contributed by atoms with E-state index in [1.54, 1.807) is 18.2 Å². The van der Waals surface area contributed by atoms with Crippen molar-refractivity contribution in [2.45, 2.75) is 12.7 Å². The molecular formula is C18H18F3N5O3. The van der Waals surface area contributed by atoms with Gasteiger partial charge in [0.1, 0.15) is 17.0 Å². The van der Waals surface area contributed by atoms with E-state index < -0.39 is 18.0 Å². The van der Waals surface area contributed by atoms with Gasteiger partial charge in [-0.2, -0.15) is 13.2 Å². The van der Waals surface area contributed by atoms with E-state index in [2.05, 4.69) is 20.6 Å². The Bertz CT molecular complexity index is 1020. The van der Waals surface area contributed by atoms with Crippen molar-refractivity contribution < 1.29 is 27.4 Å². The lowest BCUT2D eigenvalue weighted by Crippen LogP contribution is -2.32. The Kier molecular flexibility index (Phi) is 5.76. The zero-order valence-corrected chi connectivity index (χ0v) is 15.6. The molecule has 2 amide bonds. The van der Waals surface area contributed by atoms with Crippen LogP contribution in [0.5, 0.6) is 11.5 Å². The van der Waals surface area contributed by atoms with Crippen LogP contribution in [-0.4, -0.2) is 41.3 Å². The van der Waals surface area contributed by atoms with Crippen LogP contribution < -0.4 is 20.1 Å². The number of aromatic nitrogens is 3. The van der Waals surface area contributed by atoms with Gasteiger partial charge in [0.15, 0.2) is 5.65 Å². The minimum Gasteiger partial charge on any atom is -0.497 e. The molecule has 3 aromatic rings. The smallest absolute Gasteiger partial charge is 0.449 e. The summed E-state index contributed by atoms with van der Waals surface area (Å²) >= 11 is 0. The van der Waals surface area contributed by atoms with E-state index in [1.807, 2.05) is 0 Å². The van der Waals surface area contributed by atoms with E-state index in [0.717, 1.165) is 4.57 Å². The van der Waals surface area contributed by atoms with Crippen LogP contribution in [0, 0.1) is 0 Å². The van der Waals surface area contributed by atoms with Crippen LogP contribution in [0.4, 0.5) is 23.7 Å². The number of imidazole rings is 1. The number of nitrogens with zero attached hydrogens (tertiary/aromatic N) is 3. The highest BCUT2D eigenvalue weighted by Gasteiger charge is 2.37. The van der Waals surface area contributed by atoms with Gasteiger partial charge in [-0.3, -0.25) is 0 Å². The van der Waals surface area contributed by atoms with Crippen molar-refractivity contribution in [3.63, 3.8) is 0 Å². The van der Waals surface area contributed by atoms with Crippen LogP contribution >= 0.6 is 0 Å². The zero-order valence-electron chi connectivity index (χ0n) is 15.6. The van der Waals surface area contributed by atoms with E-state index in [4.69, 9.17) is 9.47 Å². The van der Waals surface area contributed by atoms with E-state index in [9.17, 15) is 18.0 Å². The summed E-state index contributed by atoms with van der Waals surface area (Å²) < 4.78 is 51.0. The van der Waals surface area contributed by atoms with E-state index in [-0.39, 0.29) is 24.3 Å². The number of ether oxygens (including phenoxy) is 2. The predicted molar refractivity (Wildman–Crippen MR) is 99.1 cm³/mol. The first-order valence-electron chi connectivity index (χ1n) is 8.49. The number of carbonyl (C=O) groups excluding carboxylic acids is 1. The van der Waals surface area contributed by atoms with Crippen LogP contribution in [0.3, 0.4) is 0 Å². The highest BCUT2D eigenvalue weighted by Crippen LogP contribution is 2.31. The minimum atomic E-state index is -4.64. The highest BCUT2D eigenvalue weighted by atomic mass is 19.4. The van der Waals surface area contributed by atoms with Crippen molar-refractivity contribution in [3.05, 3.63) is 42.4 Å². The van der Waals surface area contributed by atoms with Crippen LogP contribution in [0.15, 0.2) is 36.5 Å². The maximum absolute atomic E-state index is 13.3. The Balaban J connectivity index is 1.70. The molecule has 2 heterocycles. The fourth-order valence-corrected chi connectivity index (χ4v) is 2.75. The third-order valence-electron chi connectivity index (χ3n) is 4.03. The number of amides is 2. The van der Waals surface area contributed by atoms with Gasteiger partial charge < -0.3 is 24.7 Å². The number of alkyl halides is 3. The van der Waals surface area contributed by atoms with Gasteiger partial charge in [-0.05, 0) is 24.3 Å². The standard InChI is InChI=1S/C18H18F3N5O3/c1-28-11-5-6-14(29-2)13(10-11)25-17(27)23-8-9-26-15-12(4-3-7-22-15)24-16(26)18(19,20)21/h3-7,10H,8-9H2,1-2H3,(H2,23,25,27). The van der Waals surface area contributed by atoms with Crippen molar-refractivity contribution in [2.75, 3.05) is 26.1 Å². The average molecular weight is 409 g/mol. The molecule has 11 heteroatoms. The lowest BCUT2D eigenvalue weighted by molar-refractivity contribution is -0.146. The van der Waals surface area contributed by atoms with Crippen LogP contribution in [0.1, 0.15) is 5.82 Å². The number of hydrogen-bond acceptors (Lipinski definition) is 5. The molecule has 0 bridgehead atoms. The Morgan fingerprint density at radius 2 is 2.00 bits per heavy atom. The first-order chi connectivity index (χ1) is 13.8. The van der Waals surface area contributed by atoms with Gasteiger partial charge in [0.2, 0.25) is 5.82 Å². The van der Waals surface area contributed by atoms with Crippen molar-refractivity contribution in [1.29, 1.82) is 0 Å². The monoisotopic (exact) mass is 409 g/mol. The number of carbonyl (C=O) groups is 1. The summed E-state index contributed by atoms with van der Waals surface area (Å²) in [6, 6.07) is 7.19. The summed E-state index contributed by atoms with van der Waals surface area (Å²) in [5.74, 6) is -0.153. The molecule has 2 N–H and O–H groups in total. The molecule has 2 aromatic heterocycles. The van der Waals surface area contributed by atoms with Gasteiger partial charge in [0.05, 0.1) is 19.9 Å². The summed E-state index contributed by atoms with van der Waals surface area (Å²) in [5, 5.41) is 5.09. The number of anilines is 1. The van der Waals surface area contributed by atoms with Gasteiger partial charge in [-0.25, -0.2) is 14.8 Å². The molecule has 0 aliphatic rings. The summed E-state index contributed by atoms with van der Waals surface area (Å²) in [4.78, 5) is 19.7. The molecule has 0 saturated carbocycles. The lowest BCUT2D eigenvalue weighted by Gasteiger charge is -2.14. The number of pyridine rings is 1. The van der Waals surface area contributed by atoms with Crippen molar-refractivity contribution in [2.24, 2.45) is 0 Å². The fraction of sp³-hybridized carbons (Fsp3) is 0.278. The number of benzene rings is 1. The van der Waals surface area contributed by atoms with Crippen LogP contribution in [0.2, 0.25) is 0 Å². The molecule has 0 spiro atoms. The van der Waals surface area contributed by atoms with E-state index in [0.29, 0.717) is 17.2 Å². The van der Waals surface area contributed by atoms with Gasteiger partial charge >= 0.3 is 12.2 Å². The minimum absolute atomic E-state index is 0.0801.